The van der Waals surface area contributed by atoms with Gasteiger partial charge in [-0.25, -0.2) is 0 Å². The molecule has 3 nitrogen and oxygen atoms in total. The average molecular weight is 258 g/mol. The fraction of sp³-hybridized carbons (Fsp3) is 0.312. The van der Waals surface area contributed by atoms with Crippen LogP contribution in [-0.4, -0.2) is 18.2 Å². The molecule has 2 rings (SSSR count). The van der Waals surface area contributed by atoms with Crippen LogP contribution in [0.3, 0.4) is 0 Å². The van der Waals surface area contributed by atoms with E-state index in [2.05, 4.69) is 0 Å². The molecule has 0 aliphatic heterocycles. The molecule has 0 fully saturated rings. The zero-order valence-corrected chi connectivity index (χ0v) is 11.4. The molecule has 0 aromatic heterocycles. The number of carboxylic acid groups (broad SMARTS) is 1. The topological polar surface area (TPSA) is 46.5 Å². The first-order valence-electron chi connectivity index (χ1n) is 6.23. The molecule has 0 radical (unpaired) electrons. The Labute approximate surface area is 113 Å². The van der Waals surface area contributed by atoms with Gasteiger partial charge in [0.15, 0.2) is 0 Å². The molecule has 0 heterocycles. The fourth-order valence-corrected chi connectivity index (χ4v) is 2.69. The highest BCUT2D eigenvalue weighted by atomic mass is 16.5. The van der Waals surface area contributed by atoms with E-state index in [0.717, 1.165) is 11.1 Å². The molecule has 1 N–H and O–H groups in total. The first-order valence-corrected chi connectivity index (χ1v) is 6.23. The molecule has 0 bridgehead atoms. The van der Waals surface area contributed by atoms with E-state index < -0.39 is 17.3 Å². The van der Waals surface area contributed by atoms with E-state index in [1.165, 1.54) is 7.11 Å². The number of allylic oxidation sites excluding steroid dienone is 3. The van der Waals surface area contributed by atoms with Gasteiger partial charge in [-0.3, -0.25) is 4.79 Å². The summed E-state index contributed by atoms with van der Waals surface area (Å²) in [4.78, 5) is 11.6. The summed E-state index contributed by atoms with van der Waals surface area (Å²) in [5.41, 5.74) is 1.54. The molecule has 0 saturated carbocycles. The van der Waals surface area contributed by atoms with Crippen molar-refractivity contribution in [1.29, 1.82) is 0 Å². The molecule has 3 heteroatoms. The van der Waals surface area contributed by atoms with Gasteiger partial charge in [0, 0.05) is 5.41 Å². The second-order valence-corrected chi connectivity index (χ2v) is 5.21. The van der Waals surface area contributed by atoms with Gasteiger partial charge in [-0.15, -0.1) is 0 Å². The van der Waals surface area contributed by atoms with Crippen molar-refractivity contribution >= 4 is 11.5 Å². The van der Waals surface area contributed by atoms with Gasteiger partial charge in [-0.2, -0.15) is 0 Å². The maximum absolute atomic E-state index is 11.6. The van der Waals surface area contributed by atoms with E-state index in [1.54, 1.807) is 6.08 Å². The Kier molecular flexibility index (Phi) is 3.47. The molecule has 1 aliphatic carbocycles. The Morgan fingerprint density at radius 1 is 1.21 bits per heavy atom. The van der Waals surface area contributed by atoms with E-state index in [4.69, 9.17) is 4.74 Å². The van der Waals surface area contributed by atoms with E-state index >= 15 is 0 Å². The summed E-state index contributed by atoms with van der Waals surface area (Å²) in [5.74, 6) is -1.03. The van der Waals surface area contributed by atoms with Gasteiger partial charge in [0.25, 0.3) is 0 Å². The minimum Gasteiger partial charge on any atom is -0.500 e. The minimum atomic E-state index is -0.861. The number of hydrogen-bond acceptors (Lipinski definition) is 2. The number of hydrogen-bond donors (Lipinski definition) is 1. The van der Waals surface area contributed by atoms with Crippen molar-refractivity contribution in [2.24, 2.45) is 11.3 Å². The van der Waals surface area contributed by atoms with Crippen LogP contribution in [0.5, 0.6) is 0 Å². The summed E-state index contributed by atoms with van der Waals surface area (Å²) in [7, 11) is 1.51. The molecule has 0 spiro atoms. The highest BCUT2D eigenvalue weighted by Gasteiger charge is 2.43. The van der Waals surface area contributed by atoms with Crippen molar-refractivity contribution in [2.75, 3.05) is 7.11 Å². The average Bonchev–Trinajstić information content (AvgIpc) is 2.37. The number of benzene rings is 1. The lowest BCUT2D eigenvalue weighted by atomic mass is 9.67. The lowest BCUT2D eigenvalue weighted by Gasteiger charge is -2.37. The molecule has 0 saturated heterocycles. The van der Waals surface area contributed by atoms with Crippen molar-refractivity contribution in [1.82, 2.24) is 0 Å². The van der Waals surface area contributed by atoms with Crippen LogP contribution >= 0.6 is 0 Å². The van der Waals surface area contributed by atoms with Crippen LogP contribution in [0, 0.1) is 11.3 Å². The molecule has 100 valence electrons. The number of rotatable bonds is 3. The highest BCUT2D eigenvalue weighted by molar-refractivity contribution is 5.83. The second-order valence-electron chi connectivity index (χ2n) is 5.21. The Balaban J connectivity index is 2.54. The highest BCUT2D eigenvalue weighted by Crippen LogP contribution is 2.47. The number of methoxy groups -OCH3 is 1. The predicted molar refractivity (Wildman–Crippen MR) is 74.4 cm³/mol. The first kappa shape index (κ1) is 13.4. The molecule has 1 atom stereocenters. The van der Waals surface area contributed by atoms with Crippen LogP contribution in [0.1, 0.15) is 19.4 Å². The zero-order chi connectivity index (χ0) is 14.0. The van der Waals surface area contributed by atoms with E-state index in [-0.39, 0.29) is 0 Å². The quantitative estimate of drug-likeness (QED) is 0.904. The standard InChI is InChI=1S/C16H18O3/c1-16(2)12(11-7-5-4-6-8-11)9-10-13(19-3)14(16)15(17)18/h4-10,14H,1-3H3,(H,17,18). The summed E-state index contributed by atoms with van der Waals surface area (Å²) >= 11 is 0. The van der Waals surface area contributed by atoms with Gasteiger partial charge in [0.2, 0.25) is 0 Å². The minimum absolute atomic E-state index is 0.497. The lowest BCUT2D eigenvalue weighted by Crippen LogP contribution is -2.35. The summed E-state index contributed by atoms with van der Waals surface area (Å²) in [5, 5.41) is 9.49. The van der Waals surface area contributed by atoms with Crippen LogP contribution in [0.25, 0.3) is 5.57 Å². The molecule has 1 aromatic rings. The number of carbonyl (C=O) groups is 1. The summed E-state index contributed by atoms with van der Waals surface area (Å²) < 4.78 is 5.22. The van der Waals surface area contributed by atoms with E-state index in [1.807, 2.05) is 50.3 Å². The van der Waals surface area contributed by atoms with Crippen LogP contribution < -0.4 is 0 Å². The van der Waals surface area contributed by atoms with Crippen LogP contribution in [0.2, 0.25) is 0 Å². The summed E-state index contributed by atoms with van der Waals surface area (Å²) in [6.07, 6.45) is 3.71. The second kappa shape index (κ2) is 4.92. The van der Waals surface area contributed by atoms with Gasteiger partial charge >= 0.3 is 5.97 Å². The van der Waals surface area contributed by atoms with E-state index in [9.17, 15) is 9.90 Å². The van der Waals surface area contributed by atoms with Crippen molar-refractivity contribution < 1.29 is 14.6 Å². The largest absolute Gasteiger partial charge is 0.500 e. The SMILES string of the molecule is COC1=CC=C(c2ccccc2)C(C)(C)C1C(=O)O. The van der Waals surface area contributed by atoms with Gasteiger partial charge in [0.1, 0.15) is 11.7 Å². The van der Waals surface area contributed by atoms with Crippen LogP contribution in [0.15, 0.2) is 48.2 Å². The number of ether oxygens (including phenoxy) is 1. The molecule has 1 aliphatic rings. The lowest BCUT2D eigenvalue weighted by molar-refractivity contribution is -0.144. The van der Waals surface area contributed by atoms with Crippen molar-refractivity contribution in [3.63, 3.8) is 0 Å². The maximum atomic E-state index is 11.6. The summed E-state index contributed by atoms with van der Waals surface area (Å²) in [6.45, 7) is 3.88. The third-order valence-corrected chi connectivity index (χ3v) is 3.68. The van der Waals surface area contributed by atoms with Gasteiger partial charge in [0.05, 0.1) is 7.11 Å². The Bertz CT molecular complexity index is 538. The zero-order valence-electron chi connectivity index (χ0n) is 11.4. The summed E-state index contributed by atoms with van der Waals surface area (Å²) in [6, 6.07) is 9.86. The molecule has 1 aromatic carbocycles. The van der Waals surface area contributed by atoms with Crippen molar-refractivity contribution in [2.45, 2.75) is 13.8 Å². The maximum Gasteiger partial charge on any atom is 0.315 e. The molecule has 1 unspecified atom stereocenters. The molecule has 19 heavy (non-hydrogen) atoms. The van der Waals surface area contributed by atoms with Gasteiger partial charge in [-0.1, -0.05) is 50.3 Å². The third kappa shape index (κ3) is 2.28. The first-order chi connectivity index (χ1) is 8.98. The predicted octanol–water partition coefficient (Wildman–Crippen LogP) is 3.34. The Morgan fingerprint density at radius 3 is 2.37 bits per heavy atom. The molecular weight excluding hydrogens is 240 g/mol. The third-order valence-electron chi connectivity index (χ3n) is 3.68. The molecular formula is C16H18O3. The normalized spacial score (nSPS) is 21.3. The number of aliphatic carboxylic acids is 1. The Morgan fingerprint density at radius 2 is 1.84 bits per heavy atom. The fourth-order valence-electron chi connectivity index (χ4n) is 2.69. The number of carboxylic acids is 1. The monoisotopic (exact) mass is 258 g/mol. The van der Waals surface area contributed by atoms with E-state index in [0.29, 0.717) is 5.76 Å². The van der Waals surface area contributed by atoms with Crippen molar-refractivity contribution in [3.8, 4) is 0 Å². The smallest absolute Gasteiger partial charge is 0.315 e. The molecule has 0 amide bonds. The van der Waals surface area contributed by atoms with Crippen LogP contribution in [0.4, 0.5) is 0 Å². The van der Waals surface area contributed by atoms with Crippen molar-refractivity contribution in [3.05, 3.63) is 53.8 Å². The van der Waals surface area contributed by atoms with Gasteiger partial charge < -0.3 is 9.84 Å². The van der Waals surface area contributed by atoms with Gasteiger partial charge in [-0.05, 0) is 17.2 Å². The van der Waals surface area contributed by atoms with Crippen LogP contribution in [-0.2, 0) is 9.53 Å². The Hall–Kier alpha value is -2.03.